The van der Waals surface area contributed by atoms with Crippen molar-refractivity contribution in [3.63, 3.8) is 0 Å². The molecule has 0 saturated heterocycles. The number of nitrogens with zero attached hydrogens (tertiary/aromatic N) is 2. The average Bonchev–Trinajstić information content (AvgIpc) is 3.08. The van der Waals surface area contributed by atoms with Gasteiger partial charge in [-0.05, 0) is 43.2 Å². The van der Waals surface area contributed by atoms with Gasteiger partial charge in [0.2, 0.25) is 0 Å². The van der Waals surface area contributed by atoms with E-state index in [9.17, 15) is 9.59 Å². The number of carbonyl (C=O) groups excluding carboxylic acids is 2. The van der Waals surface area contributed by atoms with E-state index in [0.717, 1.165) is 21.3 Å². The molecule has 27 heavy (non-hydrogen) atoms. The molecule has 0 unspecified atom stereocenters. The van der Waals surface area contributed by atoms with Crippen molar-refractivity contribution in [2.24, 2.45) is 0 Å². The molecule has 0 fully saturated rings. The highest BCUT2D eigenvalue weighted by Crippen LogP contribution is 2.31. The monoisotopic (exact) mass is 383 g/mol. The van der Waals surface area contributed by atoms with Gasteiger partial charge in [0.05, 0.1) is 10.2 Å². The maximum absolute atomic E-state index is 12.6. The first-order chi connectivity index (χ1) is 12.8. The van der Waals surface area contributed by atoms with Crippen LogP contribution in [0.5, 0.6) is 5.75 Å². The van der Waals surface area contributed by atoms with E-state index in [0.29, 0.717) is 16.4 Å². The maximum Gasteiger partial charge on any atom is 0.259 e. The Bertz CT molecular complexity index is 972. The fourth-order valence-corrected chi connectivity index (χ4v) is 3.49. The lowest BCUT2D eigenvalue weighted by atomic mass is 10.1. The second-order valence-electron chi connectivity index (χ2n) is 6.45. The lowest BCUT2D eigenvalue weighted by molar-refractivity contribution is -0.130. The van der Waals surface area contributed by atoms with E-state index >= 15 is 0 Å². The lowest BCUT2D eigenvalue weighted by Gasteiger charge is -2.11. The fourth-order valence-electron chi connectivity index (χ4n) is 2.48. The molecule has 0 aliphatic rings. The Kier molecular flexibility index (Phi) is 5.41. The van der Waals surface area contributed by atoms with Gasteiger partial charge in [-0.3, -0.25) is 14.9 Å². The molecule has 3 rings (SSSR count). The molecule has 1 aromatic heterocycles. The molecular weight excluding hydrogens is 362 g/mol. The van der Waals surface area contributed by atoms with E-state index in [2.05, 4.69) is 16.4 Å². The summed E-state index contributed by atoms with van der Waals surface area (Å²) < 4.78 is 6.54. The van der Waals surface area contributed by atoms with Crippen molar-refractivity contribution < 1.29 is 14.3 Å². The minimum Gasteiger partial charge on any atom is -0.484 e. The molecule has 0 atom stereocenters. The zero-order valence-corrected chi connectivity index (χ0v) is 16.5. The fraction of sp³-hybridized carbons (Fsp3) is 0.250. The molecule has 2 aromatic carbocycles. The van der Waals surface area contributed by atoms with Crippen molar-refractivity contribution in [2.45, 2.75) is 13.8 Å². The molecule has 0 radical (unpaired) electrons. The third-order valence-corrected chi connectivity index (χ3v) is 5.23. The number of aryl methyl sites for hydroxylation is 2. The van der Waals surface area contributed by atoms with Gasteiger partial charge in [0, 0.05) is 19.7 Å². The summed E-state index contributed by atoms with van der Waals surface area (Å²) in [5.74, 6) is 0.0488. The molecule has 2 amide bonds. The van der Waals surface area contributed by atoms with Crippen molar-refractivity contribution in [2.75, 3.05) is 26.0 Å². The third kappa shape index (κ3) is 4.25. The molecule has 6 nitrogen and oxygen atoms in total. The molecule has 0 spiro atoms. The molecule has 0 saturated carbocycles. The van der Waals surface area contributed by atoms with Crippen LogP contribution in [0.4, 0.5) is 5.13 Å². The first-order valence-electron chi connectivity index (χ1n) is 8.46. The standard InChI is InChI=1S/C20H21N3O3S/c1-12-8-9-13(2)18-17(12)21-20(27-18)22-19(25)14-6-5-7-15(10-14)26-11-16(24)23(3)4/h5-10H,11H2,1-4H3,(H,21,22,25). The highest BCUT2D eigenvalue weighted by molar-refractivity contribution is 7.22. The number of rotatable bonds is 5. The van der Waals surface area contributed by atoms with Crippen molar-refractivity contribution in [3.05, 3.63) is 53.1 Å². The van der Waals surface area contributed by atoms with E-state index in [-0.39, 0.29) is 18.4 Å². The van der Waals surface area contributed by atoms with Crippen molar-refractivity contribution in [1.82, 2.24) is 9.88 Å². The molecule has 0 aliphatic heterocycles. The van der Waals surface area contributed by atoms with Gasteiger partial charge < -0.3 is 9.64 Å². The van der Waals surface area contributed by atoms with Crippen LogP contribution in [0.15, 0.2) is 36.4 Å². The van der Waals surface area contributed by atoms with Crippen molar-refractivity contribution in [1.29, 1.82) is 0 Å². The SMILES string of the molecule is Cc1ccc(C)c2sc(NC(=O)c3cccc(OCC(=O)N(C)C)c3)nc12. The highest BCUT2D eigenvalue weighted by Gasteiger charge is 2.13. The quantitative estimate of drug-likeness (QED) is 0.730. The second kappa shape index (κ2) is 7.75. The number of anilines is 1. The Balaban J connectivity index is 1.75. The number of carbonyl (C=O) groups is 2. The first kappa shape index (κ1) is 18.8. The van der Waals surface area contributed by atoms with Crippen LogP contribution in [-0.2, 0) is 4.79 Å². The van der Waals surface area contributed by atoms with E-state index in [1.807, 2.05) is 19.9 Å². The number of ether oxygens (including phenoxy) is 1. The number of nitrogens with one attached hydrogen (secondary N) is 1. The second-order valence-corrected chi connectivity index (χ2v) is 7.45. The Hall–Kier alpha value is -2.93. The Labute approximate surface area is 161 Å². The molecule has 140 valence electrons. The molecule has 0 bridgehead atoms. The summed E-state index contributed by atoms with van der Waals surface area (Å²) >= 11 is 1.46. The predicted molar refractivity (Wildman–Crippen MR) is 108 cm³/mol. The largest absolute Gasteiger partial charge is 0.484 e. The normalized spacial score (nSPS) is 10.7. The summed E-state index contributed by atoms with van der Waals surface area (Å²) in [5, 5.41) is 3.41. The van der Waals surface area contributed by atoms with Crippen LogP contribution in [-0.4, -0.2) is 42.4 Å². The Morgan fingerprint density at radius 2 is 1.89 bits per heavy atom. The van der Waals surface area contributed by atoms with E-state index < -0.39 is 0 Å². The number of likely N-dealkylation sites (N-methyl/N-ethyl adjacent to an activating group) is 1. The summed E-state index contributed by atoms with van der Waals surface area (Å²) in [6.07, 6.45) is 0. The van der Waals surface area contributed by atoms with Gasteiger partial charge in [0.15, 0.2) is 11.7 Å². The van der Waals surface area contributed by atoms with Gasteiger partial charge in [-0.2, -0.15) is 0 Å². The van der Waals surface area contributed by atoms with Gasteiger partial charge in [0.25, 0.3) is 11.8 Å². The number of amides is 2. The molecule has 0 aliphatic carbocycles. The van der Waals surface area contributed by atoms with Gasteiger partial charge in [-0.15, -0.1) is 0 Å². The zero-order valence-electron chi connectivity index (χ0n) is 15.7. The summed E-state index contributed by atoms with van der Waals surface area (Å²) in [5.41, 5.74) is 3.56. The third-order valence-electron chi connectivity index (χ3n) is 4.12. The smallest absolute Gasteiger partial charge is 0.259 e. The van der Waals surface area contributed by atoms with Gasteiger partial charge in [0.1, 0.15) is 5.75 Å². The first-order valence-corrected chi connectivity index (χ1v) is 9.28. The minimum absolute atomic E-state index is 0.0749. The van der Waals surface area contributed by atoms with Crippen LogP contribution >= 0.6 is 11.3 Å². The van der Waals surface area contributed by atoms with Crippen LogP contribution < -0.4 is 10.1 Å². The van der Waals surface area contributed by atoms with Crippen LogP contribution in [0.25, 0.3) is 10.2 Å². The zero-order chi connectivity index (χ0) is 19.6. The molecular formula is C20H21N3O3S. The van der Waals surface area contributed by atoms with Gasteiger partial charge >= 0.3 is 0 Å². The number of thiazole rings is 1. The van der Waals surface area contributed by atoms with E-state index in [4.69, 9.17) is 4.74 Å². The number of fused-ring (bicyclic) bond motifs is 1. The van der Waals surface area contributed by atoms with Gasteiger partial charge in [-0.25, -0.2) is 4.98 Å². The number of hydrogen-bond acceptors (Lipinski definition) is 5. The maximum atomic E-state index is 12.6. The van der Waals surface area contributed by atoms with E-state index in [1.54, 1.807) is 38.4 Å². The molecule has 3 aromatic rings. The Morgan fingerprint density at radius 1 is 1.15 bits per heavy atom. The lowest BCUT2D eigenvalue weighted by Crippen LogP contribution is -2.27. The van der Waals surface area contributed by atoms with Crippen LogP contribution in [0.1, 0.15) is 21.5 Å². The van der Waals surface area contributed by atoms with E-state index in [1.165, 1.54) is 16.2 Å². The summed E-state index contributed by atoms with van der Waals surface area (Å²) in [4.78, 5) is 30.2. The molecule has 7 heteroatoms. The molecule has 1 heterocycles. The van der Waals surface area contributed by atoms with Crippen LogP contribution in [0.2, 0.25) is 0 Å². The van der Waals surface area contributed by atoms with Crippen LogP contribution in [0, 0.1) is 13.8 Å². The Morgan fingerprint density at radius 3 is 2.59 bits per heavy atom. The number of benzene rings is 2. The summed E-state index contributed by atoms with van der Waals surface area (Å²) in [6, 6.07) is 10.8. The van der Waals surface area contributed by atoms with Crippen molar-refractivity contribution in [3.8, 4) is 5.75 Å². The minimum atomic E-state index is -0.270. The highest BCUT2D eigenvalue weighted by atomic mass is 32.1. The number of aromatic nitrogens is 1. The summed E-state index contributed by atoms with van der Waals surface area (Å²) in [7, 11) is 3.33. The molecule has 1 N–H and O–H groups in total. The van der Waals surface area contributed by atoms with Gasteiger partial charge in [-0.1, -0.05) is 29.5 Å². The topological polar surface area (TPSA) is 71.5 Å². The summed E-state index contributed by atoms with van der Waals surface area (Å²) in [6.45, 7) is 3.96. The average molecular weight is 383 g/mol. The van der Waals surface area contributed by atoms with Crippen LogP contribution in [0.3, 0.4) is 0 Å². The van der Waals surface area contributed by atoms with Crippen molar-refractivity contribution >= 4 is 38.5 Å². The number of hydrogen-bond donors (Lipinski definition) is 1. The predicted octanol–water partition coefficient (Wildman–Crippen LogP) is 3.63.